The molecule has 1 aromatic carbocycles. The zero-order valence-corrected chi connectivity index (χ0v) is 10.8. The van der Waals surface area contributed by atoms with Crippen LogP contribution in [-0.4, -0.2) is 17.6 Å². The minimum absolute atomic E-state index is 0.470. The molecule has 0 aliphatic carbocycles. The molecule has 17 heavy (non-hydrogen) atoms. The van der Waals surface area contributed by atoms with E-state index in [1.165, 1.54) is 11.1 Å². The zero-order valence-electron chi connectivity index (χ0n) is 10.8. The summed E-state index contributed by atoms with van der Waals surface area (Å²) in [6.07, 6.45) is 1.04. The number of aryl methyl sites for hydroxylation is 1. The first-order chi connectivity index (χ1) is 7.95. The third kappa shape index (κ3) is 4.19. The maximum Gasteiger partial charge on any atom is 0.310 e. The van der Waals surface area contributed by atoms with E-state index in [4.69, 9.17) is 5.11 Å². The lowest BCUT2D eigenvalue weighted by Crippen LogP contribution is -2.35. The van der Waals surface area contributed by atoms with Crippen LogP contribution in [0.2, 0.25) is 0 Å². The summed E-state index contributed by atoms with van der Waals surface area (Å²) in [4.78, 5) is 10.9. The van der Waals surface area contributed by atoms with Gasteiger partial charge in [0.15, 0.2) is 0 Å². The van der Waals surface area contributed by atoms with Gasteiger partial charge in [0, 0.05) is 13.1 Å². The number of benzene rings is 1. The molecule has 0 saturated heterocycles. The van der Waals surface area contributed by atoms with Crippen LogP contribution >= 0.6 is 0 Å². The van der Waals surface area contributed by atoms with E-state index in [1.807, 2.05) is 0 Å². The lowest BCUT2D eigenvalue weighted by molar-refractivity contribution is -0.146. The molecule has 0 amide bonds. The lowest BCUT2D eigenvalue weighted by atomic mass is 9.94. The van der Waals surface area contributed by atoms with Gasteiger partial charge in [0.05, 0.1) is 5.41 Å². The maximum atomic E-state index is 10.9. The van der Waals surface area contributed by atoms with E-state index in [0.717, 1.165) is 6.42 Å². The highest BCUT2D eigenvalue weighted by molar-refractivity contribution is 5.73. The van der Waals surface area contributed by atoms with Crippen LogP contribution in [-0.2, 0) is 17.8 Å². The minimum Gasteiger partial charge on any atom is -0.481 e. The third-order valence-corrected chi connectivity index (χ3v) is 2.91. The average molecular weight is 235 g/mol. The fourth-order valence-electron chi connectivity index (χ4n) is 1.49. The van der Waals surface area contributed by atoms with Crippen molar-refractivity contribution < 1.29 is 9.90 Å². The van der Waals surface area contributed by atoms with Gasteiger partial charge in [-0.15, -0.1) is 0 Å². The highest BCUT2D eigenvalue weighted by Gasteiger charge is 2.26. The molecule has 0 aromatic heterocycles. The summed E-state index contributed by atoms with van der Waals surface area (Å²) in [5.74, 6) is -0.772. The summed E-state index contributed by atoms with van der Waals surface area (Å²) in [5.41, 5.74) is 1.78. The van der Waals surface area contributed by atoms with Crippen LogP contribution in [0.4, 0.5) is 0 Å². The van der Waals surface area contributed by atoms with E-state index in [0.29, 0.717) is 13.1 Å². The maximum absolute atomic E-state index is 10.9. The fourth-order valence-corrected chi connectivity index (χ4v) is 1.49. The molecule has 3 heteroatoms. The van der Waals surface area contributed by atoms with Gasteiger partial charge in [-0.2, -0.15) is 0 Å². The predicted molar refractivity (Wildman–Crippen MR) is 68.9 cm³/mol. The second-order valence-electron chi connectivity index (χ2n) is 4.96. The molecule has 0 radical (unpaired) electrons. The molecule has 1 aromatic rings. The fraction of sp³-hybridized carbons (Fsp3) is 0.500. The van der Waals surface area contributed by atoms with Gasteiger partial charge in [0.25, 0.3) is 0 Å². The Labute approximate surface area is 103 Å². The van der Waals surface area contributed by atoms with E-state index in [-0.39, 0.29) is 0 Å². The minimum atomic E-state index is -0.772. The molecule has 0 aliphatic rings. The number of hydrogen-bond acceptors (Lipinski definition) is 2. The van der Waals surface area contributed by atoms with Gasteiger partial charge in [0.1, 0.15) is 0 Å². The summed E-state index contributed by atoms with van der Waals surface area (Å²) in [6.45, 7) is 6.76. The Morgan fingerprint density at radius 2 is 1.76 bits per heavy atom. The first-order valence-electron chi connectivity index (χ1n) is 5.97. The molecular formula is C14H21NO2. The van der Waals surface area contributed by atoms with Crippen molar-refractivity contribution >= 4 is 5.97 Å². The smallest absolute Gasteiger partial charge is 0.310 e. The summed E-state index contributed by atoms with van der Waals surface area (Å²) in [7, 11) is 0. The molecule has 0 unspecified atom stereocenters. The second kappa shape index (κ2) is 5.82. The van der Waals surface area contributed by atoms with Crippen LogP contribution in [0.3, 0.4) is 0 Å². The van der Waals surface area contributed by atoms with E-state index in [9.17, 15) is 4.79 Å². The Kier molecular flexibility index (Phi) is 4.70. The SMILES string of the molecule is CCc1ccc(CNCC(C)(C)C(=O)O)cc1. The van der Waals surface area contributed by atoms with Crippen LogP contribution in [0.25, 0.3) is 0 Å². The topological polar surface area (TPSA) is 49.3 Å². The molecule has 0 atom stereocenters. The van der Waals surface area contributed by atoms with E-state index in [1.54, 1.807) is 13.8 Å². The first-order valence-corrected chi connectivity index (χ1v) is 5.97. The number of rotatable bonds is 6. The molecule has 0 bridgehead atoms. The van der Waals surface area contributed by atoms with E-state index < -0.39 is 11.4 Å². The number of carbonyl (C=O) groups is 1. The summed E-state index contributed by atoms with van der Waals surface area (Å²) in [6, 6.07) is 8.39. The van der Waals surface area contributed by atoms with Crippen molar-refractivity contribution in [2.24, 2.45) is 5.41 Å². The van der Waals surface area contributed by atoms with Gasteiger partial charge in [-0.1, -0.05) is 31.2 Å². The van der Waals surface area contributed by atoms with Crippen LogP contribution in [0.5, 0.6) is 0 Å². The Balaban J connectivity index is 2.43. The molecule has 1 rings (SSSR count). The zero-order chi connectivity index (χ0) is 12.9. The Bertz CT molecular complexity index is 368. The standard InChI is InChI=1S/C14H21NO2/c1-4-11-5-7-12(8-6-11)9-15-10-14(2,3)13(16)17/h5-8,15H,4,9-10H2,1-3H3,(H,16,17). The summed E-state index contributed by atoms with van der Waals surface area (Å²) < 4.78 is 0. The Hall–Kier alpha value is -1.35. The van der Waals surface area contributed by atoms with Crippen molar-refractivity contribution in [3.05, 3.63) is 35.4 Å². The summed E-state index contributed by atoms with van der Waals surface area (Å²) in [5, 5.41) is 12.1. The first kappa shape index (κ1) is 13.7. The van der Waals surface area contributed by atoms with Gasteiger partial charge in [0.2, 0.25) is 0 Å². The molecule has 3 nitrogen and oxygen atoms in total. The predicted octanol–water partition coefficient (Wildman–Crippen LogP) is 2.45. The van der Waals surface area contributed by atoms with Crippen LogP contribution < -0.4 is 5.32 Å². The lowest BCUT2D eigenvalue weighted by Gasteiger charge is -2.19. The quantitative estimate of drug-likeness (QED) is 0.796. The third-order valence-electron chi connectivity index (χ3n) is 2.91. The molecule has 0 aliphatic heterocycles. The number of hydrogen-bond donors (Lipinski definition) is 2. The number of carboxylic acids is 1. The second-order valence-corrected chi connectivity index (χ2v) is 4.96. The molecule has 0 saturated carbocycles. The monoisotopic (exact) mass is 235 g/mol. The van der Waals surface area contributed by atoms with Gasteiger partial charge in [-0.3, -0.25) is 4.79 Å². The van der Waals surface area contributed by atoms with Crippen molar-refractivity contribution in [1.82, 2.24) is 5.32 Å². The van der Waals surface area contributed by atoms with E-state index >= 15 is 0 Å². The highest BCUT2D eigenvalue weighted by Crippen LogP contribution is 2.13. The molecule has 94 valence electrons. The average Bonchev–Trinajstić information content (AvgIpc) is 2.29. The van der Waals surface area contributed by atoms with Crippen molar-refractivity contribution in [3.63, 3.8) is 0 Å². The van der Waals surface area contributed by atoms with Crippen LogP contribution in [0.15, 0.2) is 24.3 Å². The van der Waals surface area contributed by atoms with Crippen molar-refractivity contribution in [2.75, 3.05) is 6.54 Å². The molecule has 0 fully saturated rings. The highest BCUT2D eigenvalue weighted by atomic mass is 16.4. The van der Waals surface area contributed by atoms with Crippen molar-refractivity contribution in [1.29, 1.82) is 0 Å². The molecule has 0 spiro atoms. The summed E-state index contributed by atoms with van der Waals surface area (Å²) >= 11 is 0. The van der Waals surface area contributed by atoms with Gasteiger partial charge in [-0.25, -0.2) is 0 Å². The van der Waals surface area contributed by atoms with Crippen LogP contribution in [0, 0.1) is 5.41 Å². The molecule has 0 heterocycles. The normalized spacial score (nSPS) is 11.5. The largest absolute Gasteiger partial charge is 0.481 e. The van der Waals surface area contributed by atoms with Crippen molar-refractivity contribution in [3.8, 4) is 0 Å². The van der Waals surface area contributed by atoms with Gasteiger partial charge < -0.3 is 10.4 Å². The van der Waals surface area contributed by atoms with Crippen LogP contribution in [0.1, 0.15) is 31.9 Å². The van der Waals surface area contributed by atoms with Gasteiger partial charge in [-0.05, 0) is 31.4 Å². The Morgan fingerprint density at radius 1 is 1.24 bits per heavy atom. The van der Waals surface area contributed by atoms with Gasteiger partial charge >= 0.3 is 5.97 Å². The number of nitrogens with one attached hydrogen (secondary N) is 1. The Morgan fingerprint density at radius 3 is 2.24 bits per heavy atom. The number of aliphatic carboxylic acids is 1. The molecular weight excluding hydrogens is 214 g/mol. The molecule has 2 N–H and O–H groups in total. The number of carboxylic acid groups (broad SMARTS) is 1. The van der Waals surface area contributed by atoms with Crippen molar-refractivity contribution in [2.45, 2.75) is 33.7 Å². The van der Waals surface area contributed by atoms with E-state index in [2.05, 4.69) is 36.5 Å².